The van der Waals surface area contributed by atoms with Crippen LogP contribution in [0.15, 0.2) is 54.7 Å². The Morgan fingerprint density at radius 1 is 1.06 bits per heavy atom. The minimum Gasteiger partial charge on any atom is -0.491 e. The Balaban J connectivity index is 1.90. The van der Waals surface area contributed by atoms with E-state index < -0.39 is 17.6 Å². The van der Waals surface area contributed by atoms with E-state index >= 15 is 0 Å². The van der Waals surface area contributed by atoms with Crippen LogP contribution in [0.4, 0.5) is 36.3 Å². The van der Waals surface area contributed by atoms with Crippen molar-refractivity contribution in [2.75, 3.05) is 17.2 Å². The largest absolute Gasteiger partial charge is 0.491 e. The molecular weight excluding hydrogens is 407 g/mol. The maximum Gasteiger partial charge on any atom is 0.421 e. The molecule has 1 aromatic heterocycles. The van der Waals surface area contributed by atoms with Crippen molar-refractivity contribution in [1.82, 2.24) is 9.97 Å². The van der Waals surface area contributed by atoms with Crippen molar-refractivity contribution in [3.63, 3.8) is 0 Å². The van der Waals surface area contributed by atoms with Gasteiger partial charge in [-0.25, -0.2) is 4.98 Å². The van der Waals surface area contributed by atoms with Gasteiger partial charge in [0.1, 0.15) is 17.1 Å². The molecule has 0 aliphatic rings. The summed E-state index contributed by atoms with van der Waals surface area (Å²) in [6.45, 7) is 2.48. The number of halogens is 3. The van der Waals surface area contributed by atoms with Crippen molar-refractivity contribution in [3.8, 4) is 11.8 Å². The number of nitriles is 1. The van der Waals surface area contributed by atoms with Gasteiger partial charge in [0, 0.05) is 11.9 Å². The molecule has 0 bridgehead atoms. The molecule has 9 heteroatoms. The summed E-state index contributed by atoms with van der Waals surface area (Å²) in [5, 5.41) is 14.5. The maximum absolute atomic E-state index is 13.5. The highest BCUT2D eigenvalue weighted by Gasteiger charge is 2.35. The number of anilines is 4. The number of benzene rings is 2. The van der Waals surface area contributed by atoms with Crippen LogP contribution in [0.25, 0.3) is 0 Å². The van der Waals surface area contributed by atoms with Crippen molar-refractivity contribution in [3.05, 3.63) is 65.9 Å². The van der Waals surface area contributed by atoms with Crippen LogP contribution in [-0.2, 0) is 6.18 Å². The third-order valence-corrected chi connectivity index (χ3v) is 4.26. The van der Waals surface area contributed by atoms with Crippen molar-refractivity contribution < 1.29 is 17.9 Å². The Hall–Kier alpha value is -3.80. The molecule has 0 spiro atoms. The van der Waals surface area contributed by atoms with Gasteiger partial charge in [0.2, 0.25) is 5.95 Å². The lowest BCUT2D eigenvalue weighted by Gasteiger charge is -2.17. The average molecular weight is 427 g/mol. The first-order valence-corrected chi connectivity index (χ1v) is 9.61. The molecule has 0 amide bonds. The SMILES string of the molecule is CCCCOc1ccccc1Nc1nc(Nc2ccc(C#N)cc2)ncc1C(F)(F)F. The fourth-order valence-corrected chi connectivity index (χ4v) is 2.65. The number of hydrogen-bond donors (Lipinski definition) is 2. The number of rotatable bonds is 8. The van der Waals surface area contributed by atoms with E-state index in [9.17, 15) is 13.2 Å². The van der Waals surface area contributed by atoms with Gasteiger partial charge in [0.05, 0.1) is 23.9 Å². The number of alkyl halides is 3. The van der Waals surface area contributed by atoms with Gasteiger partial charge in [-0.05, 0) is 42.8 Å². The molecular formula is C22H20F3N5O. The molecule has 0 saturated carbocycles. The topological polar surface area (TPSA) is 82.9 Å². The summed E-state index contributed by atoms with van der Waals surface area (Å²) < 4.78 is 46.3. The summed E-state index contributed by atoms with van der Waals surface area (Å²) in [6.07, 6.45) is -2.16. The van der Waals surface area contributed by atoms with Crippen LogP contribution in [-0.4, -0.2) is 16.6 Å². The summed E-state index contributed by atoms with van der Waals surface area (Å²) >= 11 is 0. The van der Waals surface area contributed by atoms with Gasteiger partial charge >= 0.3 is 6.18 Å². The van der Waals surface area contributed by atoms with Gasteiger partial charge in [-0.3, -0.25) is 0 Å². The zero-order chi connectivity index (χ0) is 22.3. The number of aromatic nitrogens is 2. The minimum absolute atomic E-state index is 0.0235. The highest BCUT2D eigenvalue weighted by Crippen LogP contribution is 2.37. The van der Waals surface area contributed by atoms with E-state index in [2.05, 4.69) is 20.6 Å². The molecule has 3 rings (SSSR count). The Bertz CT molecular complexity index is 1060. The van der Waals surface area contributed by atoms with E-state index in [4.69, 9.17) is 10.00 Å². The van der Waals surface area contributed by atoms with Crippen LogP contribution >= 0.6 is 0 Å². The van der Waals surface area contributed by atoms with Crippen molar-refractivity contribution in [1.29, 1.82) is 5.26 Å². The number of nitrogens with zero attached hydrogens (tertiary/aromatic N) is 3. The standard InChI is InChI=1S/C22H20F3N5O/c1-2-3-12-31-19-7-5-4-6-18(19)29-20-17(22(23,24)25)14-27-21(30-20)28-16-10-8-15(13-26)9-11-16/h4-11,14H,2-3,12H2,1H3,(H2,27,28,29,30). The molecule has 0 unspecified atom stereocenters. The first kappa shape index (κ1) is 21.9. The molecule has 0 atom stereocenters. The lowest BCUT2D eigenvalue weighted by atomic mass is 10.2. The second-order valence-corrected chi connectivity index (χ2v) is 6.59. The van der Waals surface area contributed by atoms with Gasteiger partial charge in [-0.2, -0.15) is 23.4 Å². The predicted octanol–water partition coefficient (Wildman–Crippen LogP) is 6.03. The third-order valence-electron chi connectivity index (χ3n) is 4.26. The molecule has 0 aliphatic carbocycles. The second-order valence-electron chi connectivity index (χ2n) is 6.59. The zero-order valence-corrected chi connectivity index (χ0v) is 16.7. The molecule has 2 aromatic carbocycles. The van der Waals surface area contributed by atoms with Crippen LogP contribution in [0.5, 0.6) is 5.75 Å². The first-order chi connectivity index (χ1) is 14.9. The van der Waals surface area contributed by atoms with E-state index in [-0.39, 0.29) is 5.95 Å². The molecule has 6 nitrogen and oxygen atoms in total. The number of para-hydroxylation sites is 2. The summed E-state index contributed by atoms with van der Waals surface area (Å²) in [4.78, 5) is 7.83. The fraction of sp³-hybridized carbons (Fsp3) is 0.227. The molecule has 3 aromatic rings. The van der Waals surface area contributed by atoms with E-state index in [1.54, 1.807) is 48.5 Å². The average Bonchev–Trinajstić information content (AvgIpc) is 2.75. The zero-order valence-electron chi connectivity index (χ0n) is 16.7. The monoisotopic (exact) mass is 427 g/mol. The summed E-state index contributed by atoms with van der Waals surface area (Å²) in [5.41, 5.74) is 0.363. The molecule has 0 aliphatic heterocycles. The number of ether oxygens (including phenoxy) is 1. The summed E-state index contributed by atoms with van der Waals surface area (Å²) in [6, 6.07) is 15.1. The highest BCUT2D eigenvalue weighted by molar-refractivity contribution is 5.67. The Kier molecular flexibility index (Phi) is 6.92. The smallest absolute Gasteiger partial charge is 0.421 e. The summed E-state index contributed by atoms with van der Waals surface area (Å²) in [5.74, 6) is 0.0130. The van der Waals surface area contributed by atoms with Gasteiger partial charge in [-0.1, -0.05) is 25.5 Å². The first-order valence-electron chi connectivity index (χ1n) is 9.61. The highest BCUT2D eigenvalue weighted by atomic mass is 19.4. The second kappa shape index (κ2) is 9.80. The molecule has 1 heterocycles. The Morgan fingerprint density at radius 3 is 2.48 bits per heavy atom. The quantitative estimate of drug-likeness (QED) is 0.427. The third kappa shape index (κ3) is 5.85. The molecule has 2 N–H and O–H groups in total. The van der Waals surface area contributed by atoms with Crippen LogP contribution < -0.4 is 15.4 Å². The molecule has 31 heavy (non-hydrogen) atoms. The number of unbranched alkanes of at least 4 members (excludes halogenated alkanes) is 1. The van der Waals surface area contributed by atoms with Gasteiger partial charge in [-0.15, -0.1) is 0 Å². The normalized spacial score (nSPS) is 10.9. The Labute approximate surface area is 177 Å². The van der Waals surface area contributed by atoms with Crippen molar-refractivity contribution in [2.45, 2.75) is 25.9 Å². The van der Waals surface area contributed by atoms with E-state index in [0.29, 0.717) is 29.3 Å². The van der Waals surface area contributed by atoms with Crippen LogP contribution in [0, 0.1) is 11.3 Å². The lowest BCUT2D eigenvalue weighted by Crippen LogP contribution is -2.13. The molecule has 0 saturated heterocycles. The fourth-order valence-electron chi connectivity index (χ4n) is 2.65. The van der Waals surface area contributed by atoms with E-state index in [1.165, 1.54) is 0 Å². The summed E-state index contributed by atoms with van der Waals surface area (Å²) in [7, 11) is 0. The van der Waals surface area contributed by atoms with Gasteiger partial charge in [0.15, 0.2) is 0 Å². The van der Waals surface area contributed by atoms with Crippen molar-refractivity contribution in [2.24, 2.45) is 0 Å². The Morgan fingerprint density at radius 2 is 1.81 bits per heavy atom. The van der Waals surface area contributed by atoms with E-state index in [1.807, 2.05) is 13.0 Å². The molecule has 160 valence electrons. The van der Waals surface area contributed by atoms with Crippen LogP contribution in [0.2, 0.25) is 0 Å². The number of nitrogens with one attached hydrogen (secondary N) is 2. The van der Waals surface area contributed by atoms with Crippen LogP contribution in [0.1, 0.15) is 30.9 Å². The predicted molar refractivity (Wildman–Crippen MR) is 112 cm³/mol. The van der Waals surface area contributed by atoms with Crippen molar-refractivity contribution >= 4 is 23.1 Å². The van der Waals surface area contributed by atoms with E-state index in [0.717, 1.165) is 19.0 Å². The maximum atomic E-state index is 13.5. The lowest BCUT2D eigenvalue weighted by molar-refractivity contribution is -0.137. The van der Waals surface area contributed by atoms with Crippen LogP contribution in [0.3, 0.4) is 0 Å². The number of hydrogen-bond acceptors (Lipinski definition) is 6. The molecule has 0 radical (unpaired) electrons. The van der Waals surface area contributed by atoms with Gasteiger partial charge in [0.25, 0.3) is 0 Å². The minimum atomic E-state index is -4.65. The molecule has 0 fully saturated rings. The van der Waals surface area contributed by atoms with Gasteiger partial charge < -0.3 is 15.4 Å².